The highest BCUT2D eigenvalue weighted by Crippen LogP contribution is 2.40. The Kier molecular flexibility index (Phi) is 19.1. The standard InChI is InChI=1S/C38H60O2/c1-7-8-9-10-11-12-13-14-15-16-17-18-19-20-26-35(37(39)40)29-27-32(2)23-21-24-33(3)28-30-36-34(4)25-22-31-38(36,5)6/h12-15,21,23-24,27-28,30,35H,7-11,16-20,22,25-26,29,31H2,1-6H3,(H,39,40). The van der Waals surface area contributed by atoms with Crippen LogP contribution in [-0.2, 0) is 4.79 Å². The van der Waals surface area contributed by atoms with E-state index in [-0.39, 0.29) is 11.3 Å². The van der Waals surface area contributed by atoms with Crippen LogP contribution in [0.2, 0.25) is 0 Å². The molecule has 2 nitrogen and oxygen atoms in total. The second kappa shape index (κ2) is 21.4. The van der Waals surface area contributed by atoms with Crippen molar-refractivity contribution in [2.45, 2.75) is 138 Å². The summed E-state index contributed by atoms with van der Waals surface area (Å²) in [4.78, 5) is 11.8. The van der Waals surface area contributed by atoms with Crippen LogP contribution in [0.15, 0.2) is 83.1 Å². The van der Waals surface area contributed by atoms with E-state index >= 15 is 0 Å². The van der Waals surface area contributed by atoms with Crippen molar-refractivity contribution in [3.63, 3.8) is 0 Å². The largest absolute Gasteiger partial charge is 0.481 e. The van der Waals surface area contributed by atoms with Crippen molar-refractivity contribution >= 4 is 5.97 Å². The van der Waals surface area contributed by atoms with Crippen molar-refractivity contribution in [1.82, 2.24) is 0 Å². The summed E-state index contributed by atoms with van der Waals surface area (Å²) in [6.07, 6.45) is 38.9. The third kappa shape index (κ3) is 16.7. The predicted molar refractivity (Wildman–Crippen MR) is 177 cm³/mol. The second-order valence-corrected chi connectivity index (χ2v) is 12.5. The van der Waals surface area contributed by atoms with Gasteiger partial charge in [-0.05, 0) is 89.5 Å². The van der Waals surface area contributed by atoms with Crippen molar-refractivity contribution in [2.75, 3.05) is 0 Å². The van der Waals surface area contributed by atoms with Crippen LogP contribution >= 0.6 is 0 Å². The first-order valence-electron chi connectivity index (χ1n) is 16.1. The Morgan fingerprint density at radius 1 is 0.900 bits per heavy atom. The van der Waals surface area contributed by atoms with Gasteiger partial charge in [-0.1, -0.05) is 137 Å². The number of carboxylic acids is 1. The quantitative estimate of drug-likeness (QED) is 0.121. The zero-order valence-electron chi connectivity index (χ0n) is 26.8. The molecule has 224 valence electrons. The van der Waals surface area contributed by atoms with Crippen LogP contribution in [0.4, 0.5) is 0 Å². The van der Waals surface area contributed by atoms with Gasteiger partial charge < -0.3 is 5.11 Å². The molecule has 1 unspecified atom stereocenters. The summed E-state index contributed by atoms with van der Waals surface area (Å²) in [7, 11) is 0. The molecule has 40 heavy (non-hydrogen) atoms. The Morgan fingerprint density at radius 2 is 1.55 bits per heavy atom. The van der Waals surface area contributed by atoms with Gasteiger partial charge in [0, 0.05) is 0 Å². The van der Waals surface area contributed by atoms with Gasteiger partial charge in [0.15, 0.2) is 0 Å². The van der Waals surface area contributed by atoms with E-state index in [2.05, 4.69) is 102 Å². The van der Waals surface area contributed by atoms with Gasteiger partial charge in [0.2, 0.25) is 0 Å². The Hall–Kier alpha value is -2.35. The minimum absolute atomic E-state index is 0.261. The Bertz CT molecular complexity index is 933. The summed E-state index contributed by atoms with van der Waals surface area (Å²) in [5, 5.41) is 9.68. The lowest BCUT2D eigenvalue weighted by atomic mass is 9.72. The van der Waals surface area contributed by atoms with Crippen molar-refractivity contribution in [2.24, 2.45) is 11.3 Å². The fraction of sp³-hybridized carbons (Fsp3) is 0.605. The first-order valence-corrected chi connectivity index (χ1v) is 16.1. The molecule has 0 fully saturated rings. The van der Waals surface area contributed by atoms with Crippen molar-refractivity contribution in [1.29, 1.82) is 0 Å². The van der Waals surface area contributed by atoms with Crippen LogP contribution in [0.25, 0.3) is 0 Å². The zero-order valence-corrected chi connectivity index (χ0v) is 26.8. The summed E-state index contributed by atoms with van der Waals surface area (Å²) in [5.74, 6) is -0.963. The molecule has 0 saturated heterocycles. The molecule has 0 aromatic carbocycles. The third-order valence-corrected chi connectivity index (χ3v) is 8.13. The van der Waals surface area contributed by atoms with E-state index in [0.29, 0.717) is 6.42 Å². The maximum Gasteiger partial charge on any atom is 0.306 e. The normalized spacial score (nSPS) is 17.8. The van der Waals surface area contributed by atoms with E-state index in [1.165, 1.54) is 80.9 Å². The molecule has 1 atom stereocenters. The monoisotopic (exact) mass is 548 g/mol. The number of carboxylic acid groups (broad SMARTS) is 1. The Morgan fingerprint density at radius 3 is 2.17 bits per heavy atom. The van der Waals surface area contributed by atoms with E-state index in [4.69, 9.17) is 0 Å². The van der Waals surface area contributed by atoms with Crippen LogP contribution < -0.4 is 0 Å². The number of aliphatic carboxylic acids is 1. The molecule has 0 radical (unpaired) electrons. The van der Waals surface area contributed by atoms with E-state index in [1.807, 2.05) is 0 Å². The molecule has 1 aliphatic carbocycles. The van der Waals surface area contributed by atoms with Gasteiger partial charge in [-0.2, -0.15) is 0 Å². The number of hydrogen-bond donors (Lipinski definition) is 1. The van der Waals surface area contributed by atoms with Crippen LogP contribution in [0.5, 0.6) is 0 Å². The number of rotatable bonds is 20. The number of hydrogen-bond acceptors (Lipinski definition) is 1. The van der Waals surface area contributed by atoms with Gasteiger partial charge in [0.25, 0.3) is 0 Å². The lowest BCUT2D eigenvalue weighted by molar-refractivity contribution is -0.141. The summed E-state index contributed by atoms with van der Waals surface area (Å²) < 4.78 is 0. The van der Waals surface area contributed by atoms with Gasteiger partial charge in [0.1, 0.15) is 0 Å². The highest BCUT2D eigenvalue weighted by Gasteiger charge is 2.26. The lowest BCUT2D eigenvalue weighted by Crippen LogP contribution is -2.19. The van der Waals surface area contributed by atoms with E-state index in [0.717, 1.165) is 31.3 Å². The highest BCUT2D eigenvalue weighted by atomic mass is 16.4. The van der Waals surface area contributed by atoms with Crippen molar-refractivity contribution in [3.05, 3.63) is 83.1 Å². The summed E-state index contributed by atoms with van der Waals surface area (Å²) >= 11 is 0. The molecule has 0 amide bonds. The molecule has 1 rings (SSSR count). The van der Waals surface area contributed by atoms with E-state index in [9.17, 15) is 9.90 Å². The van der Waals surface area contributed by atoms with Crippen molar-refractivity contribution < 1.29 is 9.90 Å². The molecule has 0 aromatic heterocycles. The summed E-state index contributed by atoms with van der Waals surface area (Å²) in [6, 6.07) is 0. The number of allylic oxidation sites excluding steroid dienone is 14. The third-order valence-electron chi connectivity index (χ3n) is 8.13. The molecular formula is C38H60O2. The molecule has 0 heterocycles. The van der Waals surface area contributed by atoms with E-state index in [1.54, 1.807) is 0 Å². The number of carbonyl (C=O) groups is 1. The highest BCUT2D eigenvalue weighted by molar-refractivity contribution is 5.70. The first-order chi connectivity index (χ1) is 19.2. The topological polar surface area (TPSA) is 37.3 Å². The van der Waals surface area contributed by atoms with Crippen LogP contribution in [0, 0.1) is 11.3 Å². The minimum Gasteiger partial charge on any atom is -0.481 e. The Balaban J connectivity index is 2.34. The van der Waals surface area contributed by atoms with Crippen molar-refractivity contribution in [3.8, 4) is 0 Å². The molecule has 1 aliphatic rings. The second-order valence-electron chi connectivity index (χ2n) is 12.5. The van der Waals surface area contributed by atoms with Crippen LogP contribution in [-0.4, -0.2) is 11.1 Å². The summed E-state index contributed by atoms with van der Waals surface area (Å²) in [5.41, 5.74) is 5.61. The maximum atomic E-state index is 11.8. The first kappa shape index (κ1) is 35.7. The molecular weight excluding hydrogens is 488 g/mol. The minimum atomic E-state index is -0.673. The van der Waals surface area contributed by atoms with Crippen LogP contribution in [0.3, 0.4) is 0 Å². The fourth-order valence-corrected chi connectivity index (χ4v) is 5.42. The average Bonchev–Trinajstić information content (AvgIpc) is 2.89. The molecule has 0 bridgehead atoms. The Labute approximate surface area is 247 Å². The molecule has 0 aromatic rings. The molecule has 1 N–H and O–H groups in total. The van der Waals surface area contributed by atoms with Gasteiger partial charge >= 0.3 is 5.97 Å². The fourth-order valence-electron chi connectivity index (χ4n) is 5.42. The van der Waals surface area contributed by atoms with Crippen LogP contribution in [0.1, 0.15) is 138 Å². The van der Waals surface area contributed by atoms with E-state index < -0.39 is 5.97 Å². The van der Waals surface area contributed by atoms with Gasteiger partial charge in [-0.15, -0.1) is 0 Å². The lowest BCUT2D eigenvalue weighted by Gasteiger charge is -2.32. The molecule has 0 spiro atoms. The van der Waals surface area contributed by atoms with Gasteiger partial charge in [0.05, 0.1) is 5.92 Å². The average molecular weight is 549 g/mol. The molecule has 0 saturated carbocycles. The smallest absolute Gasteiger partial charge is 0.306 e. The zero-order chi connectivity index (χ0) is 29.6. The van der Waals surface area contributed by atoms with Gasteiger partial charge in [-0.25, -0.2) is 0 Å². The summed E-state index contributed by atoms with van der Waals surface area (Å²) in [6.45, 7) is 13.4. The predicted octanol–water partition coefficient (Wildman–Crippen LogP) is 12.0. The van der Waals surface area contributed by atoms with Gasteiger partial charge in [-0.3, -0.25) is 4.79 Å². The molecule has 0 aliphatic heterocycles. The number of unbranched alkanes of at least 4 members (excludes halogenated alkanes) is 8. The SMILES string of the molecule is CCCCCCC=CC=CCCCCCCC(CC=C(C)C=CC=C(C)C=CC1=C(C)CCCC1(C)C)C(=O)O. The maximum absolute atomic E-state index is 11.8. The molecule has 2 heteroatoms.